The highest BCUT2D eigenvalue weighted by atomic mass is 32.2. The molecule has 6 heteroatoms. The van der Waals surface area contributed by atoms with E-state index in [1.807, 2.05) is 60.7 Å². The Morgan fingerprint density at radius 2 is 1.67 bits per heavy atom. The molecule has 128 valence electrons. The van der Waals surface area contributed by atoms with Gasteiger partial charge in [-0.15, -0.1) is 11.8 Å². The Bertz CT molecular complexity index is 609. The summed E-state index contributed by atoms with van der Waals surface area (Å²) in [5.41, 5.74) is 0.849. The molecule has 2 aromatic carbocycles. The summed E-state index contributed by atoms with van der Waals surface area (Å²) in [7, 11) is 0. The first kappa shape index (κ1) is 18.3. The van der Waals surface area contributed by atoms with Crippen LogP contribution < -0.4 is 5.32 Å². The van der Waals surface area contributed by atoms with Gasteiger partial charge in [-0.05, 0) is 24.1 Å². The quantitative estimate of drug-likeness (QED) is 0.505. The SMILES string of the molecule is O=C(NC(O)C(O)CCSc1ccccc1)OCc1ccccc1. The van der Waals surface area contributed by atoms with Crippen LogP contribution in [0.25, 0.3) is 0 Å². The summed E-state index contributed by atoms with van der Waals surface area (Å²) in [6, 6.07) is 19.0. The molecule has 0 bridgehead atoms. The monoisotopic (exact) mass is 347 g/mol. The smallest absolute Gasteiger partial charge is 0.409 e. The molecule has 0 aliphatic carbocycles. The molecule has 0 spiro atoms. The summed E-state index contributed by atoms with van der Waals surface area (Å²) in [5.74, 6) is 0.628. The number of ether oxygens (including phenoxy) is 1. The van der Waals surface area contributed by atoms with Crippen molar-refractivity contribution in [3.8, 4) is 0 Å². The molecule has 1 amide bonds. The second kappa shape index (κ2) is 9.97. The third kappa shape index (κ3) is 6.62. The molecule has 2 atom stereocenters. The maximum Gasteiger partial charge on any atom is 0.409 e. The van der Waals surface area contributed by atoms with Gasteiger partial charge in [-0.2, -0.15) is 0 Å². The predicted molar refractivity (Wildman–Crippen MR) is 93.6 cm³/mol. The average molecular weight is 347 g/mol. The first-order chi connectivity index (χ1) is 11.6. The normalized spacial score (nSPS) is 13.1. The number of thioether (sulfide) groups is 1. The van der Waals surface area contributed by atoms with E-state index in [1.165, 1.54) is 0 Å². The van der Waals surface area contributed by atoms with E-state index < -0.39 is 18.4 Å². The molecule has 0 radical (unpaired) electrons. The zero-order valence-electron chi connectivity index (χ0n) is 13.2. The fraction of sp³-hybridized carbons (Fsp3) is 0.278. The van der Waals surface area contributed by atoms with E-state index in [0.717, 1.165) is 10.5 Å². The molecule has 0 saturated heterocycles. The van der Waals surface area contributed by atoms with Crippen molar-refractivity contribution in [1.29, 1.82) is 0 Å². The number of alkyl carbamates (subject to hydrolysis) is 1. The molecular formula is C18H21NO4S. The molecule has 0 aromatic heterocycles. The lowest BCUT2D eigenvalue weighted by Gasteiger charge is -2.18. The standard InChI is InChI=1S/C18H21NO4S/c20-16(11-12-24-15-9-5-2-6-10-15)17(21)19-18(22)23-13-14-7-3-1-4-8-14/h1-10,16-17,20-21H,11-13H2,(H,19,22). The van der Waals surface area contributed by atoms with Crippen LogP contribution in [0.15, 0.2) is 65.6 Å². The maximum atomic E-state index is 11.6. The first-order valence-corrected chi connectivity index (χ1v) is 8.65. The van der Waals surface area contributed by atoms with Gasteiger partial charge in [0.25, 0.3) is 0 Å². The van der Waals surface area contributed by atoms with Gasteiger partial charge in [0.05, 0.1) is 6.10 Å². The Morgan fingerprint density at radius 3 is 2.33 bits per heavy atom. The number of rotatable bonds is 8. The fourth-order valence-electron chi connectivity index (χ4n) is 1.95. The Kier molecular flexibility index (Phi) is 7.61. The minimum atomic E-state index is -1.36. The Balaban J connectivity index is 1.65. The molecule has 0 saturated carbocycles. The van der Waals surface area contributed by atoms with Crippen molar-refractivity contribution in [2.45, 2.75) is 30.3 Å². The number of aliphatic hydroxyl groups is 2. The number of hydrogen-bond acceptors (Lipinski definition) is 5. The van der Waals surface area contributed by atoms with Crippen molar-refractivity contribution >= 4 is 17.9 Å². The molecular weight excluding hydrogens is 326 g/mol. The summed E-state index contributed by atoms with van der Waals surface area (Å²) >= 11 is 1.58. The van der Waals surface area contributed by atoms with E-state index in [9.17, 15) is 15.0 Å². The second-order valence-electron chi connectivity index (χ2n) is 5.17. The Labute approximate surface area is 145 Å². The van der Waals surface area contributed by atoms with E-state index >= 15 is 0 Å². The number of nitrogens with one attached hydrogen (secondary N) is 1. The average Bonchev–Trinajstić information content (AvgIpc) is 2.61. The largest absolute Gasteiger partial charge is 0.445 e. The lowest BCUT2D eigenvalue weighted by molar-refractivity contribution is -0.00393. The molecule has 0 aliphatic rings. The summed E-state index contributed by atoms with van der Waals surface area (Å²) in [6.07, 6.45) is -2.82. The van der Waals surface area contributed by atoms with E-state index in [4.69, 9.17) is 4.74 Å². The molecule has 2 rings (SSSR count). The van der Waals surface area contributed by atoms with Gasteiger partial charge < -0.3 is 14.9 Å². The van der Waals surface area contributed by atoms with E-state index in [1.54, 1.807) is 11.8 Å². The minimum absolute atomic E-state index is 0.110. The highest BCUT2D eigenvalue weighted by Crippen LogP contribution is 2.18. The summed E-state index contributed by atoms with van der Waals surface area (Å²) in [4.78, 5) is 12.7. The van der Waals surface area contributed by atoms with E-state index in [0.29, 0.717) is 12.2 Å². The van der Waals surface area contributed by atoms with E-state index in [-0.39, 0.29) is 6.61 Å². The fourth-order valence-corrected chi connectivity index (χ4v) is 2.90. The maximum absolute atomic E-state index is 11.6. The van der Waals surface area contributed by atoms with Crippen LogP contribution in [0.4, 0.5) is 4.79 Å². The van der Waals surface area contributed by atoms with Crippen LogP contribution in [0.3, 0.4) is 0 Å². The molecule has 3 N–H and O–H groups in total. The molecule has 2 aromatic rings. The van der Waals surface area contributed by atoms with Crippen molar-refractivity contribution in [1.82, 2.24) is 5.32 Å². The van der Waals surface area contributed by atoms with Crippen LogP contribution in [-0.4, -0.2) is 34.4 Å². The number of amides is 1. The van der Waals surface area contributed by atoms with Crippen LogP contribution >= 0.6 is 11.8 Å². The van der Waals surface area contributed by atoms with Gasteiger partial charge in [-0.25, -0.2) is 4.79 Å². The van der Waals surface area contributed by atoms with Crippen LogP contribution in [0.1, 0.15) is 12.0 Å². The zero-order chi connectivity index (χ0) is 17.2. The Morgan fingerprint density at radius 1 is 1.04 bits per heavy atom. The van der Waals surface area contributed by atoms with Crippen molar-refractivity contribution in [3.63, 3.8) is 0 Å². The number of carbonyl (C=O) groups is 1. The molecule has 0 heterocycles. The number of carbonyl (C=O) groups excluding carboxylic acids is 1. The molecule has 0 aliphatic heterocycles. The topological polar surface area (TPSA) is 78.8 Å². The van der Waals surface area contributed by atoms with Gasteiger partial charge >= 0.3 is 6.09 Å². The van der Waals surface area contributed by atoms with Gasteiger partial charge in [0.2, 0.25) is 0 Å². The third-order valence-electron chi connectivity index (χ3n) is 3.27. The molecule has 2 unspecified atom stereocenters. The molecule has 24 heavy (non-hydrogen) atoms. The van der Waals surface area contributed by atoms with Gasteiger partial charge in [0.1, 0.15) is 6.61 Å². The van der Waals surface area contributed by atoms with Gasteiger partial charge in [0, 0.05) is 10.6 Å². The minimum Gasteiger partial charge on any atom is -0.445 e. The van der Waals surface area contributed by atoms with Crippen LogP contribution in [0.2, 0.25) is 0 Å². The third-order valence-corrected chi connectivity index (χ3v) is 4.31. The number of benzene rings is 2. The predicted octanol–water partition coefficient (Wildman–Crippen LogP) is 2.77. The number of hydrogen-bond donors (Lipinski definition) is 3. The van der Waals surface area contributed by atoms with Crippen molar-refractivity contribution in [2.75, 3.05) is 5.75 Å². The summed E-state index contributed by atoms with van der Waals surface area (Å²) < 4.78 is 5.00. The van der Waals surface area contributed by atoms with Gasteiger partial charge in [0.15, 0.2) is 6.23 Å². The highest BCUT2D eigenvalue weighted by molar-refractivity contribution is 7.99. The molecule has 5 nitrogen and oxygen atoms in total. The Hall–Kier alpha value is -2.02. The van der Waals surface area contributed by atoms with Crippen molar-refractivity contribution in [3.05, 3.63) is 66.2 Å². The first-order valence-electron chi connectivity index (χ1n) is 7.66. The van der Waals surface area contributed by atoms with Gasteiger partial charge in [-0.3, -0.25) is 5.32 Å². The lowest BCUT2D eigenvalue weighted by atomic mass is 10.2. The van der Waals surface area contributed by atoms with Crippen LogP contribution in [0, 0.1) is 0 Å². The van der Waals surface area contributed by atoms with Crippen LogP contribution in [0.5, 0.6) is 0 Å². The zero-order valence-corrected chi connectivity index (χ0v) is 14.0. The summed E-state index contributed by atoms with van der Waals surface area (Å²) in [5, 5.41) is 21.9. The van der Waals surface area contributed by atoms with Crippen molar-refractivity contribution < 1.29 is 19.7 Å². The van der Waals surface area contributed by atoms with E-state index in [2.05, 4.69) is 5.32 Å². The highest BCUT2D eigenvalue weighted by Gasteiger charge is 2.19. The number of aliphatic hydroxyl groups excluding tert-OH is 2. The van der Waals surface area contributed by atoms with Gasteiger partial charge in [-0.1, -0.05) is 48.5 Å². The van der Waals surface area contributed by atoms with Crippen LogP contribution in [-0.2, 0) is 11.3 Å². The second-order valence-corrected chi connectivity index (χ2v) is 6.34. The van der Waals surface area contributed by atoms with Crippen molar-refractivity contribution in [2.24, 2.45) is 0 Å². The summed E-state index contributed by atoms with van der Waals surface area (Å²) in [6.45, 7) is 0.110. The molecule has 0 fully saturated rings. The lowest BCUT2D eigenvalue weighted by Crippen LogP contribution is -2.43.